The Balaban J connectivity index is 2.21. The van der Waals surface area contributed by atoms with Gasteiger partial charge in [0.15, 0.2) is 6.04 Å². The summed E-state index contributed by atoms with van der Waals surface area (Å²) >= 11 is 0. The second kappa shape index (κ2) is 8.49. The summed E-state index contributed by atoms with van der Waals surface area (Å²) in [4.78, 5) is 36.4. The minimum atomic E-state index is -1.11. The van der Waals surface area contributed by atoms with Crippen molar-refractivity contribution in [2.75, 3.05) is 0 Å². The van der Waals surface area contributed by atoms with Gasteiger partial charge in [0, 0.05) is 0 Å². The van der Waals surface area contributed by atoms with E-state index in [-0.39, 0.29) is 12.0 Å². The van der Waals surface area contributed by atoms with Crippen LogP contribution in [-0.2, 0) is 20.7 Å². The highest BCUT2D eigenvalue weighted by atomic mass is 16.6. The summed E-state index contributed by atoms with van der Waals surface area (Å²) in [5.74, 6) is -2.15. The fourth-order valence-corrected chi connectivity index (χ4v) is 2.55. The fourth-order valence-electron chi connectivity index (χ4n) is 2.55. The summed E-state index contributed by atoms with van der Waals surface area (Å²) in [6, 6.07) is 14.1. The lowest BCUT2D eigenvalue weighted by atomic mass is 10.0. The Morgan fingerprint density at radius 3 is 2.19 bits per heavy atom. The van der Waals surface area contributed by atoms with Crippen molar-refractivity contribution in [3.05, 3.63) is 71.3 Å². The second-order valence-electron chi connectivity index (χ2n) is 7.08. The SMILES string of the molecule is CC(C)(C)OC(=O)[C@@H](NC(=O)Cc1ccccc1C(=O)O)c1ccccc1. The van der Waals surface area contributed by atoms with Crippen molar-refractivity contribution in [3.63, 3.8) is 0 Å². The molecule has 0 saturated carbocycles. The molecule has 142 valence electrons. The molecule has 0 radical (unpaired) electrons. The Kier molecular flexibility index (Phi) is 6.34. The number of hydrogen-bond donors (Lipinski definition) is 2. The van der Waals surface area contributed by atoms with Gasteiger partial charge < -0.3 is 15.2 Å². The topological polar surface area (TPSA) is 92.7 Å². The van der Waals surface area contributed by atoms with E-state index in [4.69, 9.17) is 4.74 Å². The van der Waals surface area contributed by atoms with Crippen LogP contribution in [-0.4, -0.2) is 28.6 Å². The number of benzene rings is 2. The largest absolute Gasteiger partial charge is 0.478 e. The highest BCUT2D eigenvalue weighted by molar-refractivity contribution is 5.92. The van der Waals surface area contributed by atoms with Crippen molar-refractivity contribution >= 4 is 17.8 Å². The van der Waals surface area contributed by atoms with Crippen LogP contribution in [0.2, 0.25) is 0 Å². The van der Waals surface area contributed by atoms with Gasteiger partial charge in [-0.2, -0.15) is 0 Å². The predicted molar refractivity (Wildman–Crippen MR) is 100 cm³/mol. The van der Waals surface area contributed by atoms with E-state index in [0.29, 0.717) is 11.1 Å². The second-order valence-corrected chi connectivity index (χ2v) is 7.08. The van der Waals surface area contributed by atoms with Gasteiger partial charge in [0.25, 0.3) is 0 Å². The molecule has 27 heavy (non-hydrogen) atoms. The molecule has 0 aliphatic carbocycles. The van der Waals surface area contributed by atoms with E-state index in [0.717, 1.165) is 0 Å². The van der Waals surface area contributed by atoms with Gasteiger partial charge in [0.1, 0.15) is 5.60 Å². The molecule has 2 rings (SSSR count). The van der Waals surface area contributed by atoms with Crippen molar-refractivity contribution in [2.24, 2.45) is 0 Å². The molecule has 0 aliphatic heterocycles. The van der Waals surface area contributed by atoms with Gasteiger partial charge in [0.2, 0.25) is 5.91 Å². The van der Waals surface area contributed by atoms with Crippen LogP contribution in [0.15, 0.2) is 54.6 Å². The Bertz CT molecular complexity index is 824. The third-order valence-corrected chi connectivity index (χ3v) is 3.68. The molecular weight excluding hydrogens is 346 g/mol. The fraction of sp³-hybridized carbons (Fsp3) is 0.286. The first kappa shape index (κ1) is 20.2. The van der Waals surface area contributed by atoms with Gasteiger partial charge in [-0.3, -0.25) is 4.79 Å². The van der Waals surface area contributed by atoms with Gasteiger partial charge >= 0.3 is 11.9 Å². The summed E-state index contributed by atoms with van der Waals surface area (Å²) in [7, 11) is 0. The maximum absolute atomic E-state index is 12.6. The van der Waals surface area contributed by atoms with E-state index in [1.165, 1.54) is 6.07 Å². The molecule has 1 atom stereocenters. The molecule has 6 nitrogen and oxygen atoms in total. The minimum absolute atomic E-state index is 0.0566. The van der Waals surface area contributed by atoms with Crippen LogP contribution >= 0.6 is 0 Å². The molecule has 2 aromatic rings. The molecule has 0 bridgehead atoms. The summed E-state index contributed by atoms with van der Waals surface area (Å²) in [5, 5.41) is 11.9. The average Bonchev–Trinajstić information content (AvgIpc) is 2.59. The molecule has 1 amide bonds. The lowest BCUT2D eigenvalue weighted by molar-refractivity contribution is -0.158. The number of rotatable bonds is 6. The summed E-state index contributed by atoms with van der Waals surface area (Å²) in [6.07, 6.45) is -0.158. The van der Waals surface area contributed by atoms with Crippen LogP contribution in [0.4, 0.5) is 0 Å². The highest BCUT2D eigenvalue weighted by Crippen LogP contribution is 2.19. The minimum Gasteiger partial charge on any atom is -0.478 e. The number of esters is 1. The molecule has 6 heteroatoms. The number of carboxylic acids is 1. The number of carboxylic acid groups (broad SMARTS) is 1. The van der Waals surface area contributed by atoms with Crippen LogP contribution in [0.25, 0.3) is 0 Å². The van der Waals surface area contributed by atoms with Gasteiger partial charge in [-0.25, -0.2) is 9.59 Å². The maximum atomic E-state index is 12.6. The first-order valence-electron chi connectivity index (χ1n) is 8.56. The zero-order valence-electron chi connectivity index (χ0n) is 15.6. The van der Waals surface area contributed by atoms with E-state index >= 15 is 0 Å². The summed E-state index contributed by atoms with van der Waals surface area (Å²) in [6.45, 7) is 5.24. The average molecular weight is 369 g/mol. The third kappa shape index (κ3) is 5.95. The van der Waals surface area contributed by atoms with Crippen LogP contribution in [0.1, 0.15) is 48.3 Å². The third-order valence-electron chi connectivity index (χ3n) is 3.68. The number of carbonyl (C=O) groups excluding carboxylic acids is 2. The Hall–Kier alpha value is -3.15. The van der Waals surface area contributed by atoms with E-state index < -0.39 is 29.5 Å². The number of amides is 1. The molecule has 2 N–H and O–H groups in total. The van der Waals surface area contributed by atoms with Crippen molar-refractivity contribution in [1.29, 1.82) is 0 Å². The molecule has 0 unspecified atom stereocenters. The molecule has 0 aromatic heterocycles. The quantitative estimate of drug-likeness (QED) is 0.763. The van der Waals surface area contributed by atoms with Crippen LogP contribution in [0.3, 0.4) is 0 Å². The molecule has 0 spiro atoms. The number of carbonyl (C=O) groups is 3. The van der Waals surface area contributed by atoms with Gasteiger partial charge in [-0.1, -0.05) is 48.5 Å². The van der Waals surface area contributed by atoms with E-state index in [1.807, 2.05) is 0 Å². The number of aromatic carboxylic acids is 1. The normalized spacial score (nSPS) is 12.1. The monoisotopic (exact) mass is 369 g/mol. The van der Waals surface area contributed by atoms with Gasteiger partial charge in [0.05, 0.1) is 12.0 Å². The lowest BCUT2D eigenvalue weighted by Crippen LogP contribution is -2.38. The smallest absolute Gasteiger partial charge is 0.335 e. The number of hydrogen-bond acceptors (Lipinski definition) is 4. The molecule has 0 saturated heterocycles. The molecule has 0 aliphatic rings. The van der Waals surface area contributed by atoms with E-state index in [9.17, 15) is 19.5 Å². The van der Waals surface area contributed by atoms with E-state index in [2.05, 4.69) is 5.32 Å². The zero-order chi connectivity index (χ0) is 20.0. The summed E-state index contributed by atoms with van der Waals surface area (Å²) < 4.78 is 5.42. The lowest BCUT2D eigenvalue weighted by Gasteiger charge is -2.25. The summed E-state index contributed by atoms with van der Waals surface area (Å²) in [5.41, 5.74) is 0.316. The maximum Gasteiger partial charge on any atom is 0.335 e. The van der Waals surface area contributed by atoms with Gasteiger partial charge in [-0.15, -0.1) is 0 Å². The Morgan fingerprint density at radius 2 is 1.59 bits per heavy atom. The molecular formula is C21H23NO5. The number of ether oxygens (including phenoxy) is 1. The predicted octanol–water partition coefficient (Wildman–Crippen LogP) is 3.13. The first-order chi connectivity index (χ1) is 12.7. The molecule has 0 heterocycles. The van der Waals surface area contributed by atoms with Crippen molar-refractivity contribution in [1.82, 2.24) is 5.32 Å². The van der Waals surface area contributed by atoms with Crippen LogP contribution < -0.4 is 5.32 Å². The zero-order valence-corrected chi connectivity index (χ0v) is 15.6. The van der Waals surface area contributed by atoms with Crippen molar-refractivity contribution in [3.8, 4) is 0 Å². The highest BCUT2D eigenvalue weighted by Gasteiger charge is 2.28. The Labute approximate surface area is 158 Å². The first-order valence-corrected chi connectivity index (χ1v) is 8.56. The van der Waals surface area contributed by atoms with Gasteiger partial charge in [-0.05, 0) is 38.0 Å². The van der Waals surface area contributed by atoms with Crippen LogP contribution in [0, 0.1) is 0 Å². The van der Waals surface area contributed by atoms with E-state index in [1.54, 1.807) is 69.3 Å². The van der Waals surface area contributed by atoms with Crippen molar-refractivity contribution in [2.45, 2.75) is 38.8 Å². The number of nitrogens with one attached hydrogen (secondary N) is 1. The van der Waals surface area contributed by atoms with Crippen LogP contribution in [0.5, 0.6) is 0 Å². The standard InChI is InChI=1S/C21H23NO5/c1-21(2,3)27-20(26)18(14-9-5-4-6-10-14)22-17(23)13-15-11-7-8-12-16(15)19(24)25/h4-12,18H,13H2,1-3H3,(H,22,23)(H,24,25)/t18-/m0/s1. The molecule has 2 aromatic carbocycles. The Morgan fingerprint density at radius 1 is 1.00 bits per heavy atom. The van der Waals surface area contributed by atoms with Crippen molar-refractivity contribution < 1.29 is 24.2 Å². The molecule has 0 fully saturated rings.